The van der Waals surface area contributed by atoms with Gasteiger partial charge in [0, 0.05) is 28.8 Å². The zero-order chi connectivity index (χ0) is 19.8. The van der Waals surface area contributed by atoms with Crippen LogP contribution in [0.15, 0.2) is 79.1 Å². The van der Waals surface area contributed by atoms with Gasteiger partial charge in [0.25, 0.3) is 5.91 Å². The highest BCUT2D eigenvalue weighted by Gasteiger charge is 2.13. The molecule has 0 saturated heterocycles. The fourth-order valence-electron chi connectivity index (χ4n) is 2.48. The van der Waals surface area contributed by atoms with Gasteiger partial charge in [-0.1, -0.05) is 17.7 Å². The topological polar surface area (TPSA) is 63.2 Å². The summed E-state index contributed by atoms with van der Waals surface area (Å²) in [6.45, 7) is 2.55. The van der Waals surface area contributed by atoms with Crippen molar-refractivity contribution in [1.82, 2.24) is 4.98 Å². The van der Waals surface area contributed by atoms with Gasteiger partial charge in [0.2, 0.25) is 0 Å². The molecule has 0 unspecified atom stereocenters. The Balaban J connectivity index is 1.81. The van der Waals surface area contributed by atoms with Crippen molar-refractivity contribution in [2.45, 2.75) is 6.92 Å². The van der Waals surface area contributed by atoms with Gasteiger partial charge in [0.15, 0.2) is 0 Å². The Morgan fingerprint density at radius 3 is 2.39 bits per heavy atom. The molecule has 1 heterocycles. The van der Waals surface area contributed by atoms with Crippen LogP contribution in [0.5, 0.6) is 5.75 Å². The summed E-state index contributed by atoms with van der Waals surface area (Å²) in [5.41, 5.74) is 2.45. The minimum Gasteiger partial charge on any atom is -0.494 e. The summed E-state index contributed by atoms with van der Waals surface area (Å²) in [7, 11) is 0. The molecule has 1 aromatic heterocycles. The molecule has 0 aliphatic heterocycles. The van der Waals surface area contributed by atoms with Gasteiger partial charge in [0.1, 0.15) is 5.75 Å². The minimum atomic E-state index is -0.278. The van der Waals surface area contributed by atoms with Crippen LogP contribution in [0.4, 0.5) is 11.4 Å². The molecule has 142 valence electrons. The van der Waals surface area contributed by atoms with Gasteiger partial charge >= 0.3 is 0 Å². The van der Waals surface area contributed by atoms with Crippen molar-refractivity contribution in [2.24, 2.45) is 0 Å². The first-order valence-electron chi connectivity index (χ1n) is 8.83. The number of hydrogen-bond donors (Lipinski definition) is 2. The Morgan fingerprint density at radius 1 is 1.04 bits per heavy atom. The van der Waals surface area contributed by atoms with Crippen LogP contribution >= 0.6 is 11.6 Å². The van der Waals surface area contributed by atoms with Crippen LogP contribution < -0.4 is 15.4 Å². The first kappa shape index (κ1) is 19.5. The van der Waals surface area contributed by atoms with Crippen LogP contribution in [0.2, 0.25) is 5.02 Å². The highest BCUT2D eigenvalue weighted by molar-refractivity contribution is 6.30. The lowest BCUT2D eigenvalue weighted by Gasteiger charge is -2.10. The normalized spacial score (nSPS) is 11.0. The van der Waals surface area contributed by atoms with E-state index in [9.17, 15) is 4.79 Å². The van der Waals surface area contributed by atoms with Crippen molar-refractivity contribution >= 4 is 34.5 Å². The van der Waals surface area contributed by atoms with E-state index in [2.05, 4.69) is 15.6 Å². The molecule has 0 spiro atoms. The zero-order valence-electron chi connectivity index (χ0n) is 15.4. The van der Waals surface area contributed by atoms with E-state index in [1.165, 1.54) is 0 Å². The number of carbonyl (C=O) groups is 1. The number of amides is 1. The maximum absolute atomic E-state index is 12.8. The molecule has 0 radical (unpaired) electrons. The Bertz CT molecular complexity index is 940. The maximum Gasteiger partial charge on any atom is 0.259 e. The summed E-state index contributed by atoms with van der Waals surface area (Å²) in [6.07, 6.45) is 3.29. The van der Waals surface area contributed by atoms with E-state index in [0.717, 1.165) is 11.4 Å². The predicted octanol–water partition coefficient (Wildman–Crippen LogP) is 5.23. The molecule has 0 aliphatic rings. The van der Waals surface area contributed by atoms with E-state index in [-0.39, 0.29) is 5.91 Å². The molecule has 0 aliphatic carbocycles. The highest BCUT2D eigenvalue weighted by Crippen LogP contribution is 2.20. The number of rotatable bonds is 7. The van der Waals surface area contributed by atoms with E-state index in [1.54, 1.807) is 48.8 Å². The Kier molecular flexibility index (Phi) is 6.65. The fourth-order valence-corrected chi connectivity index (χ4v) is 2.61. The molecule has 6 heteroatoms. The first-order valence-corrected chi connectivity index (χ1v) is 9.21. The lowest BCUT2D eigenvalue weighted by atomic mass is 10.1. The molecule has 0 bridgehead atoms. The summed E-state index contributed by atoms with van der Waals surface area (Å²) in [6, 6.07) is 19.9. The van der Waals surface area contributed by atoms with Crippen LogP contribution in [0.1, 0.15) is 12.6 Å². The largest absolute Gasteiger partial charge is 0.494 e. The van der Waals surface area contributed by atoms with E-state index < -0.39 is 0 Å². The fraction of sp³-hybridized carbons (Fsp3) is 0.0909. The molecule has 5 nitrogen and oxygen atoms in total. The summed E-state index contributed by atoms with van der Waals surface area (Å²) < 4.78 is 5.44. The second-order valence-electron chi connectivity index (χ2n) is 5.84. The minimum absolute atomic E-state index is 0.278. The molecule has 2 aromatic carbocycles. The third-order valence-electron chi connectivity index (χ3n) is 3.84. The van der Waals surface area contributed by atoms with Crippen molar-refractivity contribution in [3.05, 3.63) is 89.8 Å². The molecular formula is C22H20ClN3O2. The standard InChI is InChI=1S/C22H20ClN3O2/c1-2-28-19-12-10-17(11-13-19)25-15-20(21-5-3-4-14-24-21)22(27)26-18-8-6-16(23)7-9-18/h3-15,25H,2H2,1H3,(H,26,27)/b20-15-. The Labute approximate surface area is 169 Å². The average molecular weight is 394 g/mol. The lowest BCUT2D eigenvalue weighted by molar-refractivity contribution is -0.111. The van der Waals surface area contributed by atoms with Crippen molar-refractivity contribution in [3.63, 3.8) is 0 Å². The molecule has 1 amide bonds. The van der Waals surface area contributed by atoms with Crippen molar-refractivity contribution in [1.29, 1.82) is 0 Å². The van der Waals surface area contributed by atoms with Gasteiger partial charge in [-0.05, 0) is 67.6 Å². The number of aromatic nitrogens is 1. The average Bonchev–Trinajstić information content (AvgIpc) is 2.72. The second kappa shape index (κ2) is 9.58. The number of nitrogens with one attached hydrogen (secondary N) is 2. The molecule has 2 N–H and O–H groups in total. The number of halogens is 1. The summed E-state index contributed by atoms with van der Waals surface area (Å²) in [4.78, 5) is 17.1. The SMILES string of the molecule is CCOc1ccc(N/C=C(\C(=O)Nc2ccc(Cl)cc2)c2ccccn2)cc1. The summed E-state index contributed by atoms with van der Waals surface area (Å²) in [5.74, 6) is 0.516. The van der Waals surface area contributed by atoms with Crippen molar-refractivity contribution in [3.8, 4) is 5.75 Å². The number of pyridine rings is 1. The third kappa shape index (κ3) is 5.34. The van der Waals surface area contributed by atoms with Gasteiger partial charge in [-0.3, -0.25) is 9.78 Å². The smallest absolute Gasteiger partial charge is 0.259 e. The van der Waals surface area contributed by atoms with Gasteiger partial charge in [-0.15, -0.1) is 0 Å². The highest BCUT2D eigenvalue weighted by atomic mass is 35.5. The molecule has 0 fully saturated rings. The zero-order valence-corrected chi connectivity index (χ0v) is 16.1. The third-order valence-corrected chi connectivity index (χ3v) is 4.09. The number of nitrogens with zero attached hydrogens (tertiary/aromatic N) is 1. The van der Waals surface area contributed by atoms with Gasteiger partial charge < -0.3 is 15.4 Å². The van der Waals surface area contributed by atoms with Crippen molar-refractivity contribution in [2.75, 3.05) is 17.2 Å². The van der Waals surface area contributed by atoms with Crippen LogP contribution in [-0.4, -0.2) is 17.5 Å². The molecular weight excluding hydrogens is 374 g/mol. The first-order chi connectivity index (χ1) is 13.7. The number of anilines is 2. The predicted molar refractivity (Wildman–Crippen MR) is 114 cm³/mol. The summed E-state index contributed by atoms with van der Waals surface area (Å²) >= 11 is 5.90. The van der Waals surface area contributed by atoms with Gasteiger partial charge in [-0.2, -0.15) is 0 Å². The van der Waals surface area contributed by atoms with Crippen LogP contribution in [-0.2, 0) is 4.79 Å². The molecule has 3 rings (SSSR count). The molecule has 28 heavy (non-hydrogen) atoms. The van der Waals surface area contributed by atoms with Gasteiger partial charge in [0.05, 0.1) is 17.9 Å². The molecule has 0 atom stereocenters. The lowest BCUT2D eigenvalue weighted by Crippen LogP contribution is -2.15. The second-order valence-corrected chi connectivity index (χ2v) is 6.27. The quantitative estimate of drug-likeness (QED) is 0.540. The Morgan fingerprint density at radius 2 is 1.75 bits per heavy atom. The number of hydrogen-bond acceptors (Lipinski definition) is 4. The van der Waals surface area contributed by atoms with Crippen molar-refractivity contribution < 1.29 is 9.53 Å². The number of ether oxygens (including phenoxy) is 1. The Hall–Kier alpha value is -3.31. The van der Waals surface area contributed by atoms with E-state index in [1.807, 2.05) is 37.3 Å². The van der Waals surface area contributed by atoms with Gasteiger partial charge in [-0.25, -0.2) is 0 Å². The monoisotopic (exact) mass is 393 g/mol. The van der Waals surface area contributed by atoms with Crippen LogP contribution in [0.3, 0.4) is 0 Å². The molecule has 0 saturated carbocycles. The van der Waals surface area contributed by atoms with E-state index in [4.69, 9.17) is 16.3 Å². The van der Waals surface area contributed by atoms with Crippen LogP contribution in [0, 0.1) is 0 Å². The number of benzene rings is 2. The van der Waals surface area contributed by atoms with E-state index in [0.29, 0.717) is 28.6 Å². The van der Waals surface area contributed by atoms with E-state index >= 15 is 0 Å². The molecule has 3 aromatic rings. The maximum atomic E-state index is 12.8. The number of carbonyl (C=O) groups excluding carboxylic acids is 1. The van der Waals surface area contributed by atoms with Crippen LogP contribution in [0.25, 0.3) is 5.57 Å². The summed E-state index contributed by atoms with van der Waals surface area (Å²) in [5, 5.41) is 6.62.